The number of nitrogens with zero attached hydrogens (tertiary/aromatic N) is 4. The van der Waals surface area contributed by atoms with Gasteiger partial charge in [-0.25, -0.2) is 13.4 Å². The summed E-state index contributed by atoms with van der Waals surface area (Å²) >= 11 is 0. The maximum Gasteiger partial charge on any atom is 0.157 e. The van der Waals surface area contributed by atoms with Gasteiger partial charge < -0.3 is 14.4 Å². The van der Waals surface area contributed by atoms with Gasteiger partial charge in [0.1, 0.15) is 29.1 Å². The summed E-state index contributed by atoms with van der Waals surface area (Å²) in [6.45, 7) is 16.4. The second-order valence-corrected chi connectivity index (χ2v) is 25.3. The topological polar surface area (TPSA) is 86.0 Å². The van der Waals surface area contributed by atoms with Crippen LogP contribution in [0.2, 0.25) is 51.4 Å². The van der Waals surface area contributed by atoms with E-state index in [2.05, 4.69) is 49.3 Å². The number of anilines is 1. The molecule has 192 valence electrons. The van der Waals surface area contributed by atoms with E-state index >= 15 is 0 Å². The number of hydrogen-bond donors (Lipinski definition) is 0. The van der Waals surface area contributed by atoms with Gasteiger partial charge in [0.05, 0.1) is 17.7 Å². The molecular formula is C23H42N4O4SSi2. The number of sulfone groups is 1. The van der Waals surface area contributed by atoms with Crippen molar-refractivity contribution in [3.05, 3.63) is 24.0 Å². The van der Waals surface area contributed by atoms with Crippen molar-refractivity contribution in [2.24, 2.45) is 0 Å². The molecule has 2 aromatic rings. The lowest BCUT2D eigenvalue weighted by Crippen LogP contribution is -2.33. The van der Waals surface area contributed by atoms with Crippen molar-refractivity contribution in [1.29, 1.82) is 0 Å². The maximum atomic E-state index is 11.9. The van der Waals surface area contributed by atoms with Gasteiger partial charge >= 0.3 is 0 Å². The molecule has 0 aromatic carbocycles. The zero-order chi connectivity index (χ0) is 25.0. The van der Waals surface area contributed by atoms with Gasteiger partial charge in [-0.2, -0.15) is 9.61 Å². The Hall–Kier alpha value is -1.28. The highest BCUT2D eigenvalue weighted by atomic mass is 32.2. The van der Waals surface area contributed by atoms with E-state index in [0.29, 0.717) is 26.3 Å². The van der Waals surface area contributed by atoms with Crippen LogP contribution in [-0.2, 0) is 19.3 Å². The quantitative estimate of drug-likeness (QED) is 0.229. The minimum absolute atomic E-state index is 0.129. The smallest absolute Gasteiger partial charge is 0.157 e. The predicted octanol–water partition coefficient (Wildman–Crippen LogP) is 4.45. The van der Waals surface area contributed by atoms with Gasteiger partial charge in [-0.15, -0.1) is 0 Å². The van der Waals surface area contributed by atoms with Crippen molar-refractivity contribution in [3.8, 4) is 0 Å². The molecule has 11 heteroatoms. The Morgan fingerprint density at radius 2 is 1.56 bits per heavy atom. The van der Waals surface area contributed by atoms with E-state index in [1.54, 1.807) is 6.20 Å². The zero-order valence-electron chi connectivity index (χ0n) is 21.7. The van der Waals surface area contributed by atoms with Crippen molar-refractivity contribution in [3.63, 3.8) is 0 Å². The van der Waals surface area contributed by atoms with Crippen LogP contribution in [0.5, 0.6) is 0 Å². The molecule has 3 heterocycles. The van der Waals surface area contributed by atoms with Crippen LogP contribution in [0.3, 0.4) is 0 Å². The number of hydrogen-bond acceptors (Lipinski definition) is 7. The van der Waals surface area contributed by atoms with E-state index in [1.165, 1.54) is 0 Å². The SMILES string of the molecule is C[Si](C)(C)CCOCN(COCC[Si](C)(C)C)c1cc(C2CCS(=O)(=O)CC2)nc2ccnn12. The fourth-order valence-corrected chi connectivity index (χ4v) is 6.82. The summed E-state index contributed by atoms with van der Waals surface area (Å²) in [5.41, 5.74) is 1.68. The molecule has 0 atom stereocenters. The van der Waals surface area contributed by atoms with Crippen LogP contribution in [-0.4, -0.2) is 77.3 Å². The van der Waals surface area contributed by atoms with Gasteiger partial charge in [0.15, 0.2) is 5.65 Å². The number of rotatable bonds is 12. The Kier molecular flexibility index (Phi) is 8.99. The summed E-state index contributed by atoms with van der Waals surface area (Å²) in [4.78, 5) is 6.90. The van der Waals surface area contributed by atoms with Gasteiger partial charge in [0.25, 0.3) is 0 Å². The molecule has 0 radical (unpaired) electrons. The minimum Gasteiger partial charge on any atom is -0.361 e. The molecule has 0 unspecified atom stereocenters. The van der Waals surface area contributed by atoms with Crippen LogP contribution in [0.25, 0.3) is 5.65 Å². The average Bonchev–Trinajstić information content (AvgIpc) is 3.19. The third-order valence-corrected chi connectivity index (χ3v) is 11.3. The van der Waals surface area contributed by atoms with Gasteiger partial charge in [-0.1, -0.05) is 39.3 Å². The molecule has 0 bridgehead atoms. The van der Waals surface area contributed by atoms with Gasteiger partial charge in [-0.3, -0.25) is 0 Å². The van der Waals surface area contributed by atoms with Gasteiger partial charge in [-0.05, 0) is 24.9 Å². The lowest BCUT2D eigenvalue weighted by molar-refractivity contribution is 0.0942. The van der Waals surface area contributed by atoms with E-state index in [-0.39, 0.29) is 17.4 Å². The Labute approximate surface area is 207 Å². The summed E-state index contributed by atoms with van der Waals surface area (Å²) < 4.78 is 37.9. The predicted molar refractivity (Wildman–Crippen MR) is 144 cm³/mol. The van der Waals surface area contributed by atoms with Gasteiger partial charge in [0, 0.05) is 53.1 Å². The summed E-state index contributed by atoms with van der Waals surface area (Å²) in [7, 11) is -5.29. The van der Waals surface area contributed by atoms with Crippen LogP contribution in [0, 0.1) is 0 Å². The molecule has 3 rings (SSSR count). The normalized spacial score (nSPS) is 17.4. The second-order valence-electron chi connectivity index (χ2n) is 11.8. The van der Waals surface area contributed by atoms with Crippen molar-refractivity contribution in [1.82, 2.24) is 14.6 Å². The highest BCUT2D eigenvalue weighted by molar-refractivity contribution is 7.91. The molecule has 0 saturated carbocycles. The second kappa shape index (κ2) is 11.2. The highest BCUT2D eigenvalue weighted by Gasteiger charge is 2.27. The van der Waals surface area contributed by atoms with Crippen LogP contribution < -0.4 is 4.90 Å². The monoisotopic (exact) mass is 526 g/mol. The molecule has 0 aliphatic carbocycles. The van der Waals surface area contributed by atoms with Crippen molar-refractivity contribution >= 4 is 37.5 Å². The van der Waals surface area contributed by atoms with E-state index < -0.39 is 26.0 Å². The third kappa shape index (κ3) is 8.44. The van der Waals surface area contributed by atoms with Crippen LogP contribution in [0.1, 0.15) is 24.5 Å². The molecule has 1 saturated heterocycles. The first-order chi connectivity index (χ1) is 15.8. The first-order valence-electron chi connectivity index (χ1n) is 12.3. The van der Waals surface area contributed by atoms with Crippen LogP contribution >= 0.6 is 0 Å². The Morgan fingerprint density at radius 1 is 1.00 bits per heavy atom. The molecule has 0 spiro atoms. The van der Waals surface area contributed by atoms with E-state index in [1.807, 2.05) is 16.6 Å². The lowest BCUT2D eigenvalue weighted by atomic mass is 9.98. The molecule has 1 aliphatic heterocycles. The van der Waals surface area contributed by atoms with Crippen molar-refractivity contribution < 1.29 is 17.9 Å². The molecule has 0 N–H and O–H groups in total. The lowest BCUT2D eigenvalue weighted by Gasteiger charge is -2.28. The summed E-state index contributed by atoms with van der Waals surface area (Å²) in [6, 6.07) is 6.15. The summed E-state index contributed by atoms with van der Waals surface area (Å²) in [5, 5.41) is 4.50. The molecule has 1 aliphatic rings. The van der Waals surface area contributed by atoms with Crippen LogP contribution in [0.4, 0.5) is 5.82 Å². The summed E-state index contributed by atoms with van der Waals surface area (Å²) in [6.07, 6.45) is 2.97. The van der Waals surface area contributed by atoms with Crippen molar-refractivity contribution in [2.75, 3.05) is 43.1 Å². The largest absolute Gasteiger partial charge is 0.361 e. The Bertz CT molecular complexity index is 1010. The summed E-state index contributed by atoms with van der Waals surface area (Å²) in [5.74, 6) is 1.45. The Morgan fingerprint density at radius 3 is 2.09 bits per heavy atom. The first-order valence-corrected chi connectivity index (χ1v) is 21.5. The molecule has 34 heavy (non-hydrogen) atoms. The fourth-order valence-electron chi connectivity index (χ4n) is 3.81. The zero-order valence-corrected chi connectivity index (χ0v) is 24.5. The average molecular weight is 527 g/mol. The molecule has 8 nitrogen and oxygen atoms in total. The third-order valence-electron chi connectivity index (χ3n) is 6.14. The van der Waals surface area contributed by atoms with Crippen LogP contribution in [0.15, 0.2) is 18.3 Å². The van der Waals surface area contributed by atoms with Gasteiger partial charge in [0.2, 0.25) is 0 Å². The highest BCUT2D eigenvalue weighted by Crippen LogP contribution is 2.31. The van der Waals surface area contributed by atoms with Crippen molar-refractivity contribution in [2.45, 2.75) is 70.1 Å². The van der Waals surface area contributed by atoms with E-state index in [9.17, 15) is 8.42 Å². The maximum absolute atomic E-state index is 11.9. The minimum atomic E-state index is -2.93. The fraction of sp³-hybridized carbons (Fsp3) is 0.739. The Balaban J connectivity index is 1.81. The molecular weight excluding hydrogens is 485 g/mol. The molecule has 1 fully saturated rings. The molecule has 0 amide bonds. The number of aromatic nitrogens is 3. The van der Waals surface area contributed by atoms with E-state index in [0.717, 1.165) is 42.5 Å². The standard InChI is InChI=1S/C23H42N4O4SSi2/c1-33(2,3)15-11-30-18-26(19-31-12-16-34(4,5)6)23-17-21(25-22-7-10-24-27(22)23)20-8-13-32(28,29)14-9-20/h7,10,17,20H,8-9,11-16,18-19H2,1-6H3. The molecule has 2 aromatic heterocycles. The number of ether oxygens (including phenoxy) is 2. The van der Waals surface area contributed by atoms with E-state index in [4.69, 9.17) is 14.5 Å². The number of fused-ring (bicyclic) bond motifs is 1. The first kappa shape index (κ1) is 27.3.